The lowest BCUT2D eigenvalue weighted by atomic mass is 10.1. The highest BCUT2D eigenvalue weighted by Crippen LogP contribution is 2.35. The van der Waals surface area contributed by atoms with Crippen LogP contribution in [0.2, 0.25) is 5.02 Å². The van der Waals surface area contributed by atoms with Gasteiger partial charge in [-0.2, -0.15) is 8.42 Å². The van der Waals surface area contributed by atoms with Gasteiger partial charge in [0.1, 0.15) is 0 Å². The predicted octanol–water partition coefficient (Wildman–Crippen LogP) is 3.05. The zero-order chi connectivity index (χ0) is 24.2. The van der Waals surface area contributed by atoms with Crippen LogP contribution in [0.5, 0.6) is 11.5 Å². The lowest BCUT2D eigenvalue weighted by Gasteiger charge is -2.14. The summed E-state index contributed by atoms with van der Waals surface area (Å²) in [7, 11) is -0.414. The Kier molecular flexibility index (Phi) is 7.36. The molecule has 1 amide bonds. The molecule has 14 heteroatoms. The maximum Gasteiger partial charge on any atom is 0.340 e. The molecule has 0 bridgehead atoms. The first-order valence-corrected chi connectivity index (χ1v) is 11.6. The van der Waals surface area contributed by atoms with E-state index in [1.165, 1.54) is 38.5 Å². The van der Waals surface area contributed by atoms with Crippen molar-refractivity contribution in [3.05, 3.63) is 52.5 Å². The number of rotatable bonds is 8. The SMILES string of the molecule is COC(=O)c1cc(OC)c(OC)cc1NS(=O)(=O)c1nnc(NC(=O)c2ccc(Cl)cc2)s1. The number of esters is 1. The summed E-state index contributed by atoms with van der Waals surface area (Å²) < 4.78 is 42.6. The maximum absolute atomic E-state index is 12.9. The molecule has 11 nitrogen and oxygen atoms in total. The molecule has 0 spiro atoms. The zero-order valence-electron chi connectivity index (χ0n) is 17.4. The smallest absolute Gasteiger partial charge is 0.340 e. The number of ether oxygens (including phenoxy) is 3. The maximum atomic E-state index is 12.9. The second kappa shape index (κ2) is 10.0. The van der Waals surface area contributed by atoms with Crippen molar-refractivity contribution in [1.29, 1.82) is 0 Å². The van der Waals surface area contributed by atoms with E-state index in [0.717, 1.165) is 7.11 Å². The highest BCUT2D eigenvalue weighted by atomic mass is 35.5. The second-order valence-electron chi connectivity index (χ2n) is 6.18. The van der Waals surface area contributed by atoms with Gasteiger partial charge in [0.2, 0.25) is 5.13 Å². The first kappa shape index (κ1) is 24.2. The summed E-state index contributed by atoms with van der Waals surface area (Å²) in [4.78, 5) is 24.5. The number of hydrogen-bond acceptors (Lipinski definition) is 10. The normalized spacial score (nSPS) is 10.9. The number of methoxy groups -OCH3 is 3. The first-order chi connectivity index (χ1) is 15.7. The molecule has 3 rings (SSSR count). The molecule has 33 heavy (non-hydrogen) atoms. The summed E-state index contributed by atoms with van der Waals surface area (Å²) in [6.45, 7) is 0. The van der Waals surface area contributed by atoms with Crippen molar-refractivity contribution >= 4 is 55.7 Å². The summed E-state index contributed by atoms with van der Waals surface area (Å²) in [5.74, 6) is -0.950. The summed E-state index contributed by atoms with van der Waals surface area (Å²) in [6.07, 6.45) is 0. The van der Waals surface area contributed by atoms with Crippen molar-refractivity contribution in [3.63, 3.8) is 0 Å². The minimum Gasteiger partial charge on any atom is -0.493 e. The van der Waals surface area contributed by atoms with Crippen LogP contribution in [0.3, 0.4) is 0 Å². The number of carbonyl (C=O) groups is 2. The van der Waals surface area contributed by atoms with Crippen LogP contribution in [0.1, 0.15) is 20.7 Å². The molecule has 0 aliphatic carbocycles. The van der Waals surface area contributed by atoms with Crippen LogP contribution in [-0.2, 0) is 14.8 Å². The van der Waals surface area contributed by atoms with Crippen LogP contribution in [-0.4, -0.2) is 51.8 Å². The molecule has 0 saturated carbocycles. The van der Waals surface area contributed by atoms with Gasteiger partial charge in [0.15, 0.2) is 11.5 Å². The van der Waals surface area contributed by atoms with Crippen molar-refractivity contribution in [2.45, 2.75) is 4.34 Å². The third kappa shape index (κ3) is 5.50. The molecule has 3 aromatic rings. The first-order valence-electron chi connectivity index (χ1n) is 8.96. The van der Waals surface area contributed by atoms with Gasteiger partial charge in [-0.25, -0.2) is 4.79 Å². The zero-order valence-corrected chi connectivity index (χ0v) is 19.8. The topological polar surface area (TPSA) is 146 Å². The molecule has 0 radical (unpaired) electrons. The Morgan fingerprint density at radius 3 is 2.24 bits per heavy atom. The van der Waals surface area contributed by atoms with Crippen LogP contribution in [0.4, 0.5) is 10.8 Å². The lowest BCUT2D eigenvalue weighted by molar-refractivity contribution is 0.0601. The van der Waals surface area contributed by atoms with E-state index in [9.17, 15) is 18.0 Å². The Bertz CT molecular complexity index is 1290. The summed E-state index contributed by atoms with van der Waals surface area (Å²) in [6, 6.07) is 8.64. The van der Waals surface area contributed by atoms with Gasteiger partial charge in [-0.3, -0.25) is 14.8 Å². The molecular formula is C19H17ClN4O7S2. The Morgan fingerprint density at radius 2 is 1.64 bits per heavy atom. The van der Waals surface area contributed by atoms with Gasteiger partial charge in [-0.1, -0.05) is 22.9 Å². The summed E-state index contributed by atoms with van der Waals surface area (Å²) in [5, 5.41) is 10.2. The fourth-order valence-corrected chi connectivity index (χ4v) is 4.66. The van der Waals surface area contributed by atoms with Crippen LogP contribution in [0.15, 0.2) is 40.7 Å². The number of benzene rings is 2. The highest BCUT2D eigenvalue weighted by molar-refractivity contribution is 7.94. The fourth-order valence-electron chi connectivity index (χ4n) is 2.57. The quantitative estimate of drug-likeness (QED) is 0.343. The molecule has 1 aromatic heterocycles. The molecule has 1 heterocycles. The Labute approximate surface area is 197 Å². The fraction of sp³-hybridized carbons (Fsp3) is 0.158. The van der Waals surface area contributed by atoms with Gasteiger partial charge >= 0.3 is 5.97 Å². The largest absolute Gasteiger partial charge is 0.493 e. The standard InChI is InChI=1S/C19H17ClN4O7S2/c1-29-14-8-12(17(26)31-3)13(9-15(14)30-2)24-33(27,28)19-23-22-18(32-19)21-16(25)10-4-6-11(20)7-5-10/h4-9,24H,1-3H3,(H,21,22,25). The minimum absolute atomic E-state index is 0.0455. The van der Waals surface area contributed by atoms with Gasteiger partial charge in [0, 0.05) is 22.7 Å². The average Bonchev–Trinajstić information content (AvgIpc) is 3.28. The number of nitrogens with zero attached hydrogens (tertiary/aromatic N) is 2. The van der Waals surface area contributed by atoms with Gasteiger partial charge in [0.05, 0.1) is 32.6 Å². The van der Waals surface area contributed by atoms with Crippen molar-refractivity contribution < 1.29 is 32.2 Å². The molecule has 0 unspecified atom stereocenters. The molecule has 0 aliphatic heterocycles. The number of amides is 1. The minimum atomic E-state index is -4.29. The van der Waals surface area contributed by atoms with E-state index in [1.807, 2.05) is 0 Å². The second-order valence-corrected chi connectivity index (χ2v) is 9.45. The van der Waals surface area contributed by atoms with E-state index in [2.05, 4.69) is 20.2 Å². The number of nitrogens with one attached hydrogen (secondary N) is 2. The molecule has 174 valence electrons. The molecule has 0 aliphatic rings. The van der Waals surface area contributed by atoms with Crippen LogP contribution < -0.4 is 19.5 Å². The number of halogens is 1. The molecule has 2 N–H and O–H groups in total. The third-order valence-corrected chi connectivity index (χ3v) is 6.96. The number of anilines is 2. The molecule has 0 atom stereocenters. The molecular weight excluding hydrogens is 496 g/mol. The van der Waals surface area contributed by atoms with E-state index in [0.29, 0.717) is 21.9 Å². The lowest BCUT2D eigenvalue weighted by Crippen LogP contribution is -2.16. The predicted molar refractivity (Wildman–Crippen MR) is 121 cm³/mol. The van der Waals surface area contributed by atoms with E-state index in [-0.39, 0.29) is 27.9 Å². The average molecular weight is 513 g/mol. The van der Waals surface area contributed by atoms with Crippen molar-refractivity contribution in [2.24, 2.45) is 0 Å². The monoisotopic (exact) mass is 512 g/mol. The van der Waals surface area contributed by atoms with E-state index in [4.69, 9.17) is 25.8 Å². The number of carbonyl (C=O) groups excluding carboxylic acids is 2. The van der Waals surface area contributed by atoms with Crippen molar-refractivity contribution in [3.8, 4) is 11.5 Å². The third-order valence-electron chi connectivity index (χ3n) is 4.14. The van der Waals surface area contributed by atoms with E-state index >= 15 is 0 Å². The van der Waals surface area contributed by atoms with Gasteiger partial charge in [0.25, 0.3) is 20.3 Å². The Morgan fingerprint density at radius 1 is 1.00 bits per heavy atom. The number of hydrogen-bond donors (Lipinski definition) is 2. The summed E-state index contributed by atoms with van der Waals surface area (Å²) in [5.41, 5.74) is 0.0612. The van der Waals surface area contributed by atoms with E-state index in [1.54, 1.807) is 12.1 Å². The van der Waals surface area contributed by atoms with Gasteiger partial charge < -0.3 is 14.2 Å². The van der Waals surface area contributed by atoms with Crippen LogP contribution in [0, 0.1) is 0 Å². The van der Waals surface area contributed by atoms with Gasteiger partial charge in [-0.05, 0) is 24.3 Å². The Hall–Kier alpha value is -3.42. The number of sulfonamides is 1. The molecule has 0 fully saturated rings. The highest BCUT2D eigenvalue weighted by Gasteiger charge is 2.26. The van der Waals surface area contributed by atoms with Crippen LogP contribution in [0.25, 0.3) is 0 Å². The number of aromatic nitrogens is 2. The van der Waals surface area contributed by atoms with Crippen molar-refractivity contribution in [2.75, 3.05) is 31.4 Å². The van der Waals surface area contributed by atoms with Gasteiger partial charge in [-0.15, -0.1) is 10.2 Å². The molecule has 0 saturated heterocycles. The van der Waals surface area contributed by atoms with E-state index < -0.39 is 26.2 Å². The van der Waals surface area contributed by atoms with Crippen LogP contribution >= 0.6 is 22.9 Å². The molecule has 2 aromatic carbocycles. The van der Waals surface area contributed by atoms with Crippen molar-refractivity contribution in [1.82, 2.24) is 10.2 Å². The Balaban J connectivity index is 1.87. The summed E-state index contributed by atoms with van der Waals surface area (Å²) >= 11 is 6.42.